The molecule has 0 aliphatic carbocycles. The summed E-state index contributed by atoms with van der Waals surface area (Å²) >= 11 is 0. The second kappa shape index (κ2) is 6.82. The summed E-state index contributed by atoms with van der Waals surface area (Å²) in [5, 5.41) is 13.8. The highest BCUT2D eigenvalue weighted by Crippen LogP contribution is 2.26. The standard InChI is InChI=1S/C14H23N5O2/c1-15-13(20)11-4-5-12(18-17-11)16-10-14(19(2)3)6-8-21-9-7-14/h4-5H,6-10H2,1-3H3,(H,15,20)(H,16,18). The molecule has 0 unspecified atom stereocenters. The van der Waals surface area contributed by atoms with Crippen LogP contribution >= 0.6 is 0 Å². The number of likely N-dealkylation sites (N-methyl/N-ethyl adjacent to an activating group) is 1. The largest absolute Gasteiger partial charge is 0.381 e. The molecule has 1 aliphatic rings. The van der Waals surface area contributed by atoms with E-state index >= 15 is 0 Å². The number of amides is 1. The Kier molecular flexibility index (Phi) is 5.08. The minimum Gasteiger partial charge on any atom is -0.381 e. The van der Waals surface area contributed by atoms with Crippen LogP contribution < -0.4 is 10.6 Å². The van der Waals surface area contributed by atoms with Gasteiger partial charge in [0.1, 0.15) is 5.82 Å². The lowest BCUT2D eigenvalue weighted by Gasteiger charge is -2.42. The predicted octanol–water partition coefficient (Wildman–Crippen LogP) is 0.359. The van der Waals surface area contributed by atoms with Crippen LogP contribution in [0.1, 0.15) is 23.3 Å². The van der Waals surface area contributed by atoms with E-state index in [4.69, 9.17) is 4.74 Å². The first-order chi connectivity index (χ1) is 10.1. The van der Waals surface area contributed by atoms with Crippen LogP contribution in [0.4, 0.5) is 5.82 Å². The number of nitrogens with zero attached hydrogens (tertiary/aromatic N) is 3. The fourth-order valence-electron chi connectivity index (χ4n) is 2.46. The van der Waals surface area contributed by atoms with Gasteiger partial charge in [-0.25, -0.2) is 0 Å². The Bertz CT molecular complexity index is 469. The summed E-state index contributed by atoms with van der Waals surface area (Å²) in [4.78, 5) is 13.7. The van der Waals surface area contributed by atoms with Gasteiger partial charge in [-0.1, -0.05) is 0 Å². The van der Waals surface area contributed by atoms with E-state index in [9.17, 15) is 4.79 Å². The summed E-state index contributed by atoms with van der Waals surface area (Å²) in [5.74, 6) is 0.443. The van der Waals surface area contributed by atoms with Gasteiger partial charge in [-0.05, 0) is 39.1 Å². The van der Waals surface area contributed by atoms with Gasteiger partial charge in [0.05, 0.1) is 0 Å². The summed E-state index contributed by atoms with van der Waals surface area (Å²) in [6.45, 7) is 2.33. The number of hydrogen-bond donors (Lipinski definition) is 2. The predicted molar refractivity (Wildman–Crippen MR) is 80.4 cm³/mol. The van der Waals surface area contributed by atoms with Crippen molar-refractivity contribution in [2.24, 2.45) is 0 Å². The molecule has 1 aromatic heterocycles. The highest BCUT2D eigenvalue weighted by molar-refractivity contribution is 5.91. The molecule has 0 aromatic carbocycles. The zero-order valence-electron chi connectivity index (χ0n) is 12.8. The average Bonchev–Trinajstić information content (AvgIpc) is 2.53. The quantitative estimate of drug-likeness (QED) is 0.816. The van der Waals surface area contributed by atoms with E-state index in [2.05, 4.69) is 39.8 Å². The van der Waals surface area contributed by atoms with Gasteiger partial charge >= 0.3 is 0 Å². The van der Waals surface area contributed by atoms with Crippen molar-refractivity contribution in [2.45, 2.75) is 18.4 Å². The third kappa shape index (κ3) is 3.68. The molecule has 7 heteroatoms. The van der Waals surface area contributed by atoms with E-state index in [0.717, 1.165) is 32.6 Å². The Labute approximate surface area is 125 Å². The Morgan fingerprint density at radius 1 is 1.33 bits per heavy atom. The number of rotatable bonds is 5. The molecule has 2 rings (SSSR count). The SMILES string of the molecule is CNC(=O)c1ccc(NCC2(N(C)C)CCOCC2)nn1. The topological polar surface area (TPSA) is 79.4 Å². The van der Waals surface area contributed by atoms with Crippen molar-refractivity contribution < 1.29 is 9.53 Å². The van der Waals surface area contributed by atoms with Crippen LogP contribution in [0.2, 0.25) is 0 Å². The van der Waals surface area contributed by atoms with Gasteiger partial charge in [-0.15, -0.1) is 10.2 Å². The number of hydrogen-bond acceptors (Lipinski definition) is 6. The van der Waals surface area contributed by atoms with Gasteiger partial charge in [0.2, 0.25) is 0 Å². The summed E-state index contributed by atoms with van der Waals surface area (Å²) in [6.07, 6.45) is 1.97. The Morgan fingerprint density at radius 2 is 2.05 bits per heavy atom. The summed E-state index contributed by atoms with van der Waals surface area (Å²) in [7, 11) is 5.75. The van der Waals surface area contributed by atoms with Gasteiger partial charge in [0.15, 0.2) is 5.69 Å². The molecule has 1 saturated heterocycles. The number of carbonyl (C=O) groups excluding carboxylic acids is 1. The summed E-state index contributed by atoms with van der Waals surface area (Å²) < 4.78 is 5.45. The van der Waals surface area contributed by atoms with Crippen LogP contribution in [-0.2, 0) is 4.74 Å². The van der Waals surface area contributed by atoms with Crippen molar-refractivity contribution in [1.29, 1.82) is 0 Å². The first-order valence-electron chi connectivity index (χ1n) is 7.12. The van der Waals surface area contributed by atoms with Crippen LogP contribution in [-0.4, -0.2) is 67.4 Å². The lowest BCUT2D eigenvalue weighted by atomic mass is 9.88. The molecule has 1 aromatic rings. The van der Waals surface area contributed by atoms with Gasteiger partial charge in [-0.3, -0.25) is 4.79 Å². The van der Waals surface area contributed by atoms with E-state index in [-0.39, 0.29) is 11.4 Å². The smallest absolute Gasteiger partial charge is 0.271 e. The lowest BCUT2D eigenvalue weighted by Crippen LogP contribution is -2.53. The minimum atomic E-state index is -0.233. The molecule has 0 radical (unpaired) electrons. The maximum Gasteiger partial charge on any atom is 0.271 e. The van der Waals surface area contributed by atoms with Crippen molar-refractivity contribution in [3.63, 3.8) is 0 Å². The van der Waals surface area contributed by atoms with Gasteiger partial charge in [0.25, 0.3) is 5.91 Å². The van der Waals surface area contributed by atoms with E-state index < -0.39 is 0 Å². The molecule has 21 heavy (non-hydrogen) atoms. The fourth-order valence-corrected chi connectivity index (χ4v) is 2.46. The Balaban J connectivity index is 1.99. The summed E-state index contributed by atoms with van der Waals surface area (Å²) in [6, 6.07) is 3.45. The van der Waals surface area contributed by atoms with Gasteiger partial charge in [-0.2, -0.15) is 0 Å². The van der Waals surface area contributed by atoms with Crippen LogP contribution in [0.3, 0.4) is 0 Å². The number of carbonyl (C=O) groups is 1. The Hall–Kier alpha value is -1.73. The minimum absolute atomic E-state index is 0.0688. The van der Waals surface area contributed by atoms with Crippen LogP contribution in [0.5, 0.6) is 0 Å². The Morgan fingerprint density at radius 3 is 2.57 bits per heavy atom. The fraction of sp³-hybridized carbons (Fsp3) is 0.643. The zero-order chi connectivity index (χ0) is 15.3. The molecule has 7 nitrogen and oxygen atoms in total. The molecule has 1 amide bonds. The average molecular weight is 293 g/mol. The maximum atomic E-state index is 11.4. The molecule has 1 fully saturated rings. The zero-order valence-corrected chi connectivity index (χ0v) is 12.8. The molecule has 1 aliphatic heterocycles. The van der Waals surface area contributed by atoms with Crippen molar-refractivity contribution in [1.82, 2.24) is 20.4 Å². The molecular formula is C14H23N5O2. The van der Waals surface area contributed by atoms with E-state index in [1.165, 1.54) is 0 Å². The number of aromatic nitrogens is 2. The molecule has 0 bridgehead atoms. The molecule has 116 valence electrons. The molecule has 0 atom stereocenters. The van der Waals surface area contributed by atoms with Crippen LogP contribution in [0, 0.1) is 0 Å². The lowest BCUT2D eigenvalue weighted by molar-refractivity contribution is -0.000673. The molecule has 2 N–H and O–H groups in total. The second-order valence-electron chi connectivity index (χ2n) is 5.47. The maximum absolute atomic E-state index is 11.4. The first-order valence-corrected chi connectivity index (χ1v) is 7.12. The normalized spacial score (nSPS) is 17.5. The third-order valence-corrected chi connectivity index (χ3v) is 4.10. The van der Waals surface area contributed by atoms with Crippen LogP contribution in [0.25, 0.3) is 0 Å². The van der Waals surface area contributed by atoms with Crippen molar-refractivity contribution in [2.75, 3.05) is 46.2 Å². The molecule has 2 heterocycles. The van der Waals surface area contributed by atoms with Crippen molar-refractivity contribution in [3.05, 3.63) is 17.8 Å². The van der Waals surface area contributed by atoms with E-state index in [1.807, 2.05) is 0 Å². The second-order valence-corrected chi connectivity index (χ2v) is 5.47. The number of nitrogens with one attached hydrogen (secondary N) is 2. The van der Waals surface area contributed by atoms with Crippen LogP contribution in [0.15, 0.2) is 12.1 Å². The highest BCUT2D eigenvalue weighted by atomic mass is 16.5. The van der Waals surface area contributed by atoms with Crippen molar-refractivity contribution >= 4 is 11.7 Å². The van der Waals surface area contributed by atoms with Gasteiger partial charge in [0, 0.05) is 32.3 Å². The van der Waals surface area contributed by atoms with Crippen molar-refractivity contribution in [3.8, 4) is 0 Å². The highest BCUT2D eigenvalue weighted by Gasteiger charge is 2.34. The summed E-state index contributed by atoms with van der Waals surface area (Å²) in [5.41, 5.74) is 0.385. The first kappa shape index (κ1) is 15.7. The number of ether oxygens (including phenoxy) is 1. The number of anilines is 1. The monoisotopic (exact) mass is 293 g/mol. The molecule has 0 saturated carbocycles. The molecular weight excluding hydrogens is 270 g/mol. The van der Waals surface area contributed by atoms with Gasteiger partial charge < -0.3 is 20.3 Å². The van der Waals surface area contributed by atoms with E-state index in [1.54, 1.807) is 19.2 Å². The van der Waals surface area contributed by atoms with E-state index in [0.29, 0.717) is 11.5 Å². The third-order valence-electron chi connectivity index (χ3n) is 4.10. The molecule has 0 spiro atoms.